The number of fused-ring (bicyclic) bond motifs is 1. The Hall–Kier alpha value is -0.860. The molecule has 1 heterocycles. The van der Waals surface area contributed by atoms with Crippen molar-refractivity contribution < 1.29 is 0 Å². The predicted molar refractivity (Wildman–Crippen MR) is 70.9 cm³/mol. The van der Waals surface area contributed by atoms with Crippen LogP contribution in [0.5, 0.6) is 0 Å². The Bertz CT molecular complexity index is 405. The summed E-state index contributed by atoms with van der Waals surface area (Å²) in [6, 6.07) is 7.02. The maximum Gasteiger partial charge on any atom is 0.0835 e. The van der Waals surface area contributed by atoms with Gasteiger partial charge in [0.1, 0.15) is 0 Å². The predicted octanol–water partition coefficient (Wildman–Crippen LogP) is 2.25. The molecule has 0 amide bonds. The lowest BCUT2D eigenvalue weighted by molar-refractivity contribution is 0.314. The molecule has 0 saturated carbocycles. The normalized spacial score (nSPS) is 32.5. The van der Waals surface area contributed by atoms with Gasteiger partial charge in [0.2, 0.25) is 0 Å². The molecule has 2 heteroatoms. The maximum atomic E-state index is 3.58. The zero-order valence-electron chi connectivity index (χ0n) is 10.8. The van der Waals surface area contributed by atoms with E-state index >= 15 is 0 Å². The summed E-state index contributed by atoms with van der Waals surface area (Å²) in [6.45, 7) is 6.86. The van der Waals surface area contributed by atoms with Crippen LogP contribution in [0.2, 0.25) is 0 Å². The number of rotatable bonds is 1. The van der Waals surface area contributed by atoms with E-state index in [4.69, 9.17) is 0 Å². The van der Waals surface area contributed by atoms with E-state index in [1.165, 1.54) is 18.4 Å². The van der Waals surface area contributed by atoms with E-state index in [-0.39, 0.29) is 0 Å². The lowest BCUT2D eigenvalue weighted by atomic mass is 10.0. The van der Waals surface area contributed by atoms with E-state index in [1.54, 1.807) is 11.1 Å². The summed E-state index contributed by atoms with van der Waals surface area (Å²) in [5, 5.41) is 7.15. The third-order valence-electron chi connectivity index (χ3n) is 4.04. The largest absolute Gasteiger partial charge is 0.298 e. The SMILES string of the molecule is CC1CNC(c2ccc3c(c2)CC(C)C3)NC1. The Morgan fingerprint density at radius 2 is 1.65 bits per heavy atom. The average Bonchev–Trinajstić information content (AvgIpc) is 2.69. The third kappa shape index (κ3) is 2.24. The van der Waals surface area contributed by atoms with Gasteiger partial charge in [0, 0.05) is 13.1 Å². The van der Waals surface area contributed by atoms with Crippen LogP contribution in [0.4, 0.5) is 0 Å². The molecule has 17 heavy (non-hydrogen) atoms. The first-order valence-electron chi connectivity index (χ1n) is 6.81. The minimum atomic E-state index is 0.354. The maximum absolute atomic E-state index is 3.58. The summed E-state index contributed by atoms with van der Waals surface area (Å²) < 4.78 is 0. The molecule has 2 nitrogen and oxygen atoms in total. The first kappa shape index (κ1) is 11.2. The summed E-state index contributed by atoms with van der Waals surface area (Å²) in [5.74, 6) is 1.56. The fraction of sp³-hybridized carbons (Fsp3) is 0.600. The van der Waals surface area contributed by atoms with Crippen molar-refractivity contribution in [3.63, 3.8) is 0 Å². The summed E-state index contributed by atoms with van der Waals surface area (Å²) in [4.78, 5) is 0. The van der Waals surface area contributed by atoms with Crippen LogP contribution in [0.15, 0.2) is 18.2 Å². The van der Waals surface area contributed by atoms with Gasteiger partial charge in [-0.3, -0.25) is 10.6 Å². The highest BCUT2D eigenvalue weighted by Crippen LogP contribution is 2.28. The zero-order chi connectivity index (χ0) is 11.8. The standard InChI is InChI=1S/C15H22N2/c1-10-5-12-3-4-13(7-14(12)6-10)15-16-8-11(2)9-17-15/h3-4,7,10-11,15-17H,5-6,8-9H2,1-2H3. The molecule has 0 aromatic heterocycles. The highest BCUT2D eigenvalue weighted by atomic mass is 15.1. The van der Waals surface area contributed by atoms with E-state index in [0.29, 0.717) is 6.17 Å². The van der Waals surface area contributed by atoms with Crippen molar-refractivity contribution in [2.24, 2.45) is 11.8 Å². The topological polar surface area (TPSA) is 24.1 Å². The van der Waals surface area contributed by atoms with E-state index in [9.17, 15) is 0 Å². The molecule has 1 fully saturated rings. The zero-order valence-corrected chi connectivity index (χ0v) is 10.8. The number of nitrogens with one attached hydrogen (secondary N) is 2. The van der Waals surface area contributed by atoms with E-state index < -0.39 is 0 Å². The van der Waals surface area contributed by atoms with Gasteiger partial charge < -0.3 is 0 Å². The molecular weight excluding hydrogens is 208 g/mol. The van der Waals surface area contributed by atoms with Crippen LogP contribution in [0.1, 0.15) is 36.7 Å². The Morgan fingerprint density at radius 3 is 2.41 bits per heavy atom. The number of hydrogen-bond donors (Lipinski definition) is 2. The third-order valence-corrected chi connectivity index (χ3v) is 4.04. The van der Waals surface area contributed by atoms with E-state index in [0.717, 1.165) is 24.9 Å². The molecule has 1 atom stereocenters. The van der Waals surface area contributed by atoms with Gasteiger partial charge in [-0.1, -0.05) is 32.0 Å². The molecule has 1 aromatic carbocycles. The molecule has 92 valence electrons. The fourth-order valence-corrected chi connectivity index (χ4v) is 3.06. The van der Waals surface area contributed by atoms with E-state index in [1.807, 2.05) is 0 Å². The summed E-state index contributed by atoms with van der Waals surface area (Å²) in [7, 11) is 0. The molecule has 1 aliphatic carbocycles. The van der Waals surface area contributed by atoms with Crippen LogP contribution in [-0.4, -0.2) is 13.1 Å². The van der Waals surface area contributed by atoms with Crippen LogP contribution < -0.4 is 10.6 Å². The molecule has 3 rings (SSSR count). The molecule has 2 N–H and O–H groups in total. The summed E-state index contributed by atoms with van der Waals surface area (Å²) in [5.41, 5.74) is 4.53. The van der Waals surface area contributed by atoms with Crippen molar-refractivity contribution in [1.82, 2.24) is 10.6 Å². The highest BCUT2D eigenvalue weighted by molar-refractivity contribution is 5.37. The molecule has 1 unspecified atom stereocenters. The van der Waals surface area contributed by atoms with E-state index in [2.05, 4.69) is 42.7 Å². The Kier molecular flexibility index (Phi) is 2.93. The number of hydrogen-bond acceptors (Lipinski definition) is 2. The second-order valence-electron chi connectivity index (χ2n) is 5.90. The summed E-state index contributed by atoms with van der Waals surface area (Å²) in [6.07, 6.45) is 2.87. The van der Waals surface area contributed by atoms with Crippen molar-refractivity contribution in [3.8, 4) is 0 Å². The molecule has 0 bridgehead atoms. The average molecular weight is 230 g/mol. The van der Waals surface area contributed by atoms with Gasteiger partial charge in [0.25, 0.3) is 0 Å². The van der Waals surface area contributed by atoms with Crippen LogP contribution >= 0.6 is 0 Å². The van der Waals surface area contributed by atoms with Gasteiger partial charge in [-0.2, -0.15) is 0 Å². The van der Waals surface area contributed by atoms with Crippen molar-refractivity contribution in [2.45, 2.75) is 32.9 Å². The van der Waals surface area contributed by atoms with Crippen LogP contribution in [-0.2, 0) is 12.8 Å². The van der Waals surface area contributed by atoms with Gasteiger partial charge in [0.05, 0.1) is 6.17 Å². The second-order valence-corrected chi connectivity index (χ2v) is 5.90. The van der Waals surface area contributed by atoms with Crippen LogP contribution in [0.3, 0.4) is 0 Å². The lowest BCUT2D eigenvalue weighted by Crippen LogP contribution is -2.45. The van der Waals surface area contributed by atoms with Gasteiger partial charge in [-0.15, -0.1) is 0 Å². The van der Waals surface area contributed by atoms with Crippen molar-refractivity contribution in [1.29, 1.82) is 0 Å². The van der Waals surface area contributed by atoms with Crippen LogP contribution in [0, 0.1) is 11.8 Å². The van der Waals surface area contributed by atoms with Crippen molar-refractivity contribution >= 4 is 0 Å². The Labute approximate surface area is 104 Å². The minimum Gasteiger partial charge on any atom is -0.298 e. The highest BCUT2D eigenvalue weighted by Gasteiger charge is 2.22. The monoisotopic (exact) mass is 230 g/mol. The number of benzene rings is 1. The Balaban J connectivity index is 1.78. The molecule has 2 aliphatic rings. The molecule has 0 radical (unpaired) electrons. The first-order valence-corrected chi connectivity index (χ1v) is 6.81. The molecule has 0 spiro atoms. The smallest absolute Gasteiger partial charge is 0.0835 e. The lowest BCUT2D eigenvalue weighted by Gasteiger charge is -2.29. The van der Waals surface area contributed by atoms with Crippen molar-refractivity contribution in [3.05, 3.63) is 34.9 Å². The fourth-order valence-electron chi connectivity index (χ4n) is 3.06. The quantitative estimate of drug-likeness (QED) is 0.773. The van der Waals surface area contributed by atoms with Gasteiger partial charge in [-0.05, 0) is 41.4 Å². The first-order chi connectivity index (χ1) is 8.22. The minimum absolute atomic E-state index is 0.354. The molecule has 1 saturated heterocycles. The van der Waals surface area contributed by atoms with Crippen LogP contribution in [0.25, 0.3) is 0 Å². The summed E-state index contributed by atoms with van der Waals surface area (Å²) >= 11 is 0. The van der Waals surface area contributed by atoms with Gasteiger partial charge >= 0.3 is 0 Å². The Morgan fingerprint density at radius 1 is 0.941 bits per heavy atom. The van der Waals surface area contributed by atoms with Gasteiger partial charge in [-0.25, -0.2) is 0 Å². The molecule has 1 aromatic rings. The molecular formula is C15H22N2. The van der Waals surface area contributed by atoms with Crippen molar-refractivity contribution in [2.75, 3.05) is 13.1 Å². The van der Waals surface area contributed by atoms with Gasteiger partial charge in [0.15, 0.2) is 0 Å². The second kappa shape index (κ2) is 4.43. The molecule has 1 aliphatic heterocycles.